The number of hydrogen-bond acceptors (Lipinski definition) is 4. The van der Waals surface area contributed by atoms with Gasteiger partial charge in [0.2, 0.25) is 0 Å². The Hall–Kier alpha value is -1.67. The van der Waals surface area contributed by atoms with Crippen molar-refractivity contribution in [3.63, 3.8) is 0 Å². The van der Waals surface area contributed by atoms with E-state index >= 15 is 0 Å². The molecule has 2 atom stereocenters. The molecule has 0 unspecified atom stereocenters. The molecular weight excluding hydrogens is 457 g/mol. The molecule has 0 bridgehead atoms. The zero-order valence-electron chi connectivity index (χ0n) is 16.2. The summed E-state index contributed by atoms with van der Waals surface area (Å²) in [6, 6.07) is 8.36. The quantitative estimate of drug-likeness (QED) is 0.502. The van der Waals surface area contributed by atoms with E-state index in [2.05, 4.69) is 13.1 Å². The van der Waals surface area contributed by atoms with E-state index in [0.29, 0.717) is 11.8 Å². The number of quaternary nitrogens is 1. The predicted octanol–water partition coefficient (Wildman–Crippen LogP) is 0.222. The first kappa shape index (κ1) is 20.1. The van der Waals surface area contributed by atoms with Crippen LogP contribution in [0.5, 0.6) is 23.0 Å². The van der Waals surface area contributed by atoms with Crippen molar-refractivity contribution in [2.45, 2.75) is 25.4 Å². The van der Waals surface area contributed by atoms with Gasteiger partial charge >= 0.3 is 0 Å². The van der Waals surface area contributed by atoms with Crippen LogP contribution in [0.3, 0.4) is 0 Å². The maximum atomic E-state index is 10.3. The van der Waals surface area contributed by atoms with Crippen LogP contribution in [0.4, 0.5) is 0 Å². The van der Waals surface area contributed by atoms with Crippen LogP contribution < -0.4 is 38.2 Å². The third-order valence-electron chi connectivity index (χ3n) is 6.12. The number of halogens is 1. The lowest BCUT2D eigenvalue weighted by Crippen LogP contribution is -3.00. The highest BCUT2D eigenvalue weighted by Crippen LogP contribution is 2.48. The van der Waals surface area contributed by atoms with Gasteiger partial charge in [-0.1, -0.05) is 6.07 Å². The molecule has 6 heteroatoms. The molecule has 0 radical (unpaired) electrons. The average Bonchev–Trinajstić information content (AvgIpc) is 2.65. The summed E-state index contributed by atoms with van der Waals surface area (Å²) in [5.74, 6) is 2.42. The Kier molecular flexibility index (Phi) is 5.49. The number of hydrogen-bond donors (Lipinski definition) is 1. The van der Waals surface area contributed by atoms with Crippen molar-refractivity contribution in [2.75, 3.05) is 34.9 Å². The predicted molar refractivity (Wildman–Crippen MR) is 99.1 cm³/mol. The van der Waals surface area contributed by atoms with E-state index in [1.54, 1.807) is 21.3 Å². The van der Waals surface area contributed by atoms with Crippen LogP contribution in [0.25, 0.3) is 0 Å². The van der Waals surface area contributed by atoms with Gasteiger partial charge in [-0.25, -0.2) is 0 Å². The molecule has 5 nitrogen and oxygen atoms in total. The maximum Gasteiger partial charge on any atom is 0.169 e. The number of fused-ring (bicyclic) bond motifs is 4. The molecule has 0 aromatic heterocycles. The molecule has 4 rings (SSSR count). The topological polar surface area (TPSA) is 47.9 Å². The van der Waals surface area contributed by atoms with Crippen LogP contribution >= 0.6 is 0 Å². The van der Waals surface area contributed by atoms with Gasteiger partial charge in [0, 0.05) is 18.4 Å². The standard InChI is InChI=1S/C21H25NO4.HI/c1-22-8-7-14-10-20(25-3)18(23)11-15(14)17(22)9-13-5-6-19(24-2)21(26-4)16(13)12-22;/h5-6,10-11,17H,7-9,12H2,1-4H3;1H/t17-,22+;/m0./s1. The number of methoxy groups -OCH3 is 3. The molecule has 146 valence electrons. The van der Waals surface area contributed by atoms with Gasteiger partial charge in [0.1, 0.15) is 12.6 Å². The Morgan fingerprint density at radius 3 is 2.41 bits per heavy atom. The van der Waals surface area contributed by atoms with E-state index in [4.69, 9.17) is 14.2 Å². The molecule has 27 heavy (non-hydrogen) atoms. The first-order valence-corrected chi connectivity index (χ1v) is 8.97. The summed E-state index contributed by atoms with van der Waals surface area (Å²) in [5, 5.41) is 10.3. The van der Waals surface area contributed by atoms with Crippen LogP contribution in [-0.2, 0) is 19.4 Å². The molecule has 0 saturated carbocycles. The number of likely N-dealkylation sites (N-methyl/N-ethyl adjacent to an activating group) is 1. The zero-order valence-corrected chi connectivity index (χ0v) is 18.4. The monoisotopic (exact) mass is 483 g/mol. The van der Waals surface area contributed by atoms with E-state index in [9.17, 15) is 5.11 Å². The molecule has 0 fully saturated rings. The number of rotatable bonds is 3. The fourth-order valence-electron chi connectivity index (χ4n) is 4.67. The molecule has 2 aliphatic heterocycles. The van der Waals surface area contributed by atoms with Crippen LogP contribution in [0.15, 0.2) is 24.3 Å². The van der Waals surface area contributed by atoms with Gasteiger partial charge in [-0.2, -0.15) is 0 Å². The fourth-order valence-corrected chi connectivity index (χ4v) is 4.67. The highest BCUT2D eigenvalue weighted by Gasteiger charge is 2.44. The number of phenolic OH excluding ortho intramolecular Hbond substituents is 1. The maximum absolute atomic E-state index is 10.3. The minimum Gasteiger partial charge on any atom is -1.00 e. The van der Waals surface area contributed by atoms with E-state index in [0.717, 1.165) is 41.9 Å². The van der Waals surface area contributed by atoms with Crippen molar-refractivity contribution < 1.29 is 47.8 Å². The first-order chi connectivity index (χ1) is 12.5. The second-order valence-electron chi connectivity index (χ2n) is 7.49. The van der Waals surface area contributed by atoms with Gasteiger partial charge in [0.25, 0.3) is 0 Å². The Bertz CT molecular complexity index is 870. The smallest absolute Gasteiger partial charge is 0.169 e. The summed E-state index contributed by atoms with van der Waals surface area (Å²) in [7, 11) is 7.29. The largest absolute Gasteiger partial charge is 1.00 e. The third-order valence-corrected chi connectivity index (χ3v) is 6.12. The van der Waals surface area contributed by atoms with Crippen molar-refractivity contribution in [1.82, 2.24) is 0 Å². The summed E-state index contributed by atoms with van der Waals surface area (Å²) >= 11 is 0. The highest BCUT2D eigenvalue weighted by molar-refractivity contribution is 5.53. The van der Waals surface area contributed by atoms with Crippen molar-refractivity contribution in [2.24, 2.45) is 0 Å². The Morgan fingerprint density at radius 1 is 1.00 bits per heavy atom. The van der Waals surface area contributed by atoms with Gasteiger partial charge in [0.05, 0.1) is 40.5 Å². The van der Waals surface area contributed by atoms with Crippen LogP contribution in [0, 0.1) is 0 Å². The minimum absolute atomic E-state index is 0. The Labute approximate surface area is 177 Å². The average molecular weight is 483 g/mol. The van der Waals surface area contributed by atoms with Gasteiger partial charge in [-0.3, -0.25) is 0 Å². The molecule has 0 spiro atoms. The summed E-state index contributed by atoms with van der Waals surface area (Å²) in [6.45, 7) is 1.94. The zero-order chi connectivity index (χ0) is 18.5. The Balaban J connectivity index is 0.00000210. The SMILES string of the molecule is COc1cc2c(cc1O)[C@@H]1Cc3ccc(OC)c(OC)c3C[N@@+]1(C)CC2.[I-]. The first-order valence-electron chi connectivity index (χ1n) is 8.97. The van der Waals surface area contributed by atoms with Gasteiger partial charge in [0.15, 0.2) is 23.0 Å². The normalized spacial score (nSPS) is 22.6. The summed E-state index contributed by atoms with van der Waals surface area (Å²) in [4.78, 5) is 0. The van der Waals surface area contributed by atoms with E-state index < -0.39 is 0 Å². The van der Waals surface area contributed by atoms with Crippen LogP contribution in [-0.4, -0.2) is 44.5 Å². The van der Waals surface area contributed by atoms with Gasteiger partial charge < -0.3 is 47.8 Å². The molecule has 0 amide bonds. The van der Waals surface area contributed by atoms with Crippen molar-refractivity contribution >= 4 is 0 Å². The Morgan fingerprint density at radius 2 is 1.74 bits per heavy atom. The molecular formula is C21H26INO4. The third kappa shape index (κ3) is 3.12. The van der Waals surface area contributed by atoms with Gasteiger partial charge in [-0.05, 0) is 29.3 Å². The number of nitrogens with zero attached hydrogens (tertiary/aromatic N) is 1. The van der Waals surface area contributed by atoms with Gasteiger partial charge in [-0.15, -0.1) is 0 Å². The van der Waals surface area contributed by atoms with Crippen LogP contribution in [0.2, 0.25) is 0 Å². The molecule has 2 aromatic rings. The number of phenols is 1. The second-order valence-corrected chi connectivity index (χ2v) is 7.49. The summed E-state index contributed by atoms with van der Waals surface area (Å²) in [6.07, 6.45) is 1.89. The lowest BCUT2D eigenvalue weighted by atomic mass is 9.81. The highest BCUT2D eigenvalue weighted by atomic mass is 127. The second kappa shape index (κ2) is 7.39. The molecule has 0 aliphatic carbocycles. The minimum atomic E-state index is 0. The van der Waals surface area contributed by atoms with Crippen LogP contribution in [0.1, 0.15) is 28.3 Å². The fraction of sp³-hybridized carbons (Fsp3) is 0.429. The molecule has 0 saturated heterocycles. The lowest BCUT2D eigenvalue weighted by Gasteiger charge is -2.49. The summed E-state index contributed by atoms with van der Waals surface area (Å²) in [5.41, 5.74) is 5.06. The molecule has 2 heterocycles. The van der Waals surface area contributed by atoms with E-state index in [-0.39, 0.29) is 29.7 Å². The van der Waals surface area contributed by atoms with Crippen molar-refractivity contribution in [1.29, 1.82) is 0 Å². The number of aromatic hydroxyl groups is 1. The summed E-state index contributed by atoms with van der Waals surface area (Å²) < 4.78 is 17.4. The number of ether oxygens (including phenoxy) is 3. The van der Waals surface area contributed by atoms with E-state index in [1.807, 2.05) is 18.2 Å². The number of benzene rings is 2. The van der Waals surface area contributed by atoms with E-state index in [1.165, 1.54) is 22.3 Å². The lowest BCUT2D eigenvalue weighted by molar-refractivity contribution is -0.956. The van der Waals surface area contributed by atoms with Crippen molar-refractivity contribution in [3.8, 4) is 23.0 Å². The molecule has 2 aromatic carbocycles. The molecule has 2 aliphatic rings. The van der Waals surface area contributed by atoms with Crippen molar-refractivity contribution in [3.05, 3.63) is 46.5 Å². The molecule has 1 N–H and O–H groups in total.